The second kappa shape index (κ2) is 6.00. The zero-order valence-corrected chi connectivity index (χ0v) is 13.7. The van der Waals surface area contributed by atoms with Gasteiger partial charge in [0.2, 0.25) is 0 Å². The molecule has 4 heteroatoms. The molecule has 1 saturated carbocycles. The van der Waals surface area contributed by atoms with E-state index in [0.717, 1.165) is 29.6 Å². The van der Waals surface area contributed by atoms with Crippen LogP contribution in [0.15, 0.2) is 46.6 Å². The van der Waals surface area contributed by atoms with Gasteiger partial charge in [-0.15, -0.1) is 0 Å². The predicted octanol–water partition coefficient (Wildman–Crippen LogP) is 4.68. The smallest absolute Gasteiger partial charge is 0.334 e. The zero-order chi connectivity index (χ0) is 16.6. The number of fused-ring (bicyclic) bond motifs is 1. The van der Waals surface area contributed by atoms with Crippen LogP contribution >= 0.6 is 0 Å². The molecule has 1 N–H and O–H groups in total. The highest BCUT2D eigenvalue weighted by Gasteiger charge is 2.46. The zero-order valence-electron chi connectivity index (χ0n) is 13.7. The first-order valence-electron chi connectivity index (χ1n) is 8.75. The maximum atomic E-state index is 11.9. The number of aliphatic hydroxyl groups excluding tert-OH is 1. The number of carbonyl (C=O) groups is 1. The van der Waals surface area contributed by atoms with Gasteiger partial charge in [-0.25, -0.2) is 4.79 Å². The second-order valence-corrected chi connectivity index (χ2v) is 7.03. The van der Waals surface area contributed by atoms with Gasteiger partial charge in [-0.3, -0.25) is 0 Å². The quantitative estimate of drug-likeness (QED) is 0.829. The maximum Gasteiger partial charge on any atom is 0.334 e. The molecular weight excluding hydrogens is 304 g/mol. The number of aliphatic hydroxyl groups is 1. The summed E-state index contributed by atoms with van der Waals surface area (Å²) >= 11 is 0. The van der Waals surface area contributed by atoms with Crippen molar-refractivity contribution in [3.8, 4) is 0 Å². The van der Waals surface area contributed by atoms with Gasteiger partial charge < -0.3 is 14.3 Å². The Hall–Kier alpha value is -2.23. The van der Waals surface area contributed by atoms with Gasteiger partial charge in [-0.1, -0.05) is 31.0 Å². The van der Waals surface area contributed by atoms with E-state index in [1.807, 2.05) is 24.3 Å². The van der Waals surface area contributed by atoms with Crippen LogP contribution < -0.4 is 0 Å². The molecule has 0 radical (unpaired) electrons. The van der Waals surface area contributed by atoms with Crippen molar-refractivity contribution in [3.05, 3.63) is 47.9 Å². The number of cyclic esters (lactones) is 1. The van der Waals surface area contributed by atoms with Gasteiger partial charge in [0.15, 0.2) is 0 Å². The van der Waals surface area contributed by atoms with Crippen LogP contribution in [-0.4, -0.2) is 16.7 Å². The summed E-state index contributed by atoms with van der Waals surface area (Å²) in [7, 11) is 0. The van der Waals surface area contributed by atoms with Crippen LogP contribution in [0, 0.1) is 5.92 Å². The highest BCUT2D eigenvalue weighted by atomic mass is 16.6. The van der Waals surface area contributed by atoms with Crippen molar-refractivity contribution in [2.24, 2.45) is 5.92 Å². The molecule has 0 saturated heterocycles. The number of ether oxygens (including phenoxy) is 1. The summed E-state index contributed by atoms with van der Waals surface area (Å²) < 4.78 is 11.7. The van der Waals surface area contributed by atoms with E-state index in [2.05, 4.69) is 6.07 Å². The first kappa shape index (κ1) is 15.3. The highest BCUT2D eigenvalue weighted by molar-refractivity contribution is 5.83. The molecule has 0 bridgehead atoms. The number of hydrogen-bond donors (Lipinski definition) is 1. The molecule has 1 aliphatic heterocycles. The van der Waals surface area contributed by atoms with Crippen LogP contribution in [0.4, 0.5) is 0 Å². The Balaban J connectivity index is 1.57. The van der Waals surface area contributed by atoms with E-state index in [1.165, 1.54) is 18.9 Å². The summed E-state index contributed by atoms with van der Waals surface area (Å²) in [5.74, 6) is 0.943. The summed E-state index contributed by atoms with van der Waals surface area (Å²) in [4.78, 5) is 11.9. The van der Waals surface area contributed by atoms with Gasteiger partial charge in [-0.05, 0) is 37.3 Å². The molecule has 1 unspecified atom stereocenters. The van der Waals surface area contributed by atoms with Crippen molar-refractivity contribution in [1.29, 1.82) is 0 Å². The first-order chi connectivity index (χ1) is 11.6. The van der Waals surface area contributed by atoms with E-state index in [0.29, 0.717) is 25.2 Å². The number of carbonyl (C=O) groups excluding carboxylic acids is 1. The SMILES string of the molecule is O=C1C=C(O)CC(CCc2cc3ccccc3o2)(C2CCCC2)O1. The third-order valence-corrected chi connectivity index (χ3v) is 5.44. The van der Waals surface area contributed by atoms with Crippen molar-refractivity contribution in [3.63, 3.8) is 0 Å². The van der Waals surface area contributed by atoms with Crippen LogP contribution in [0.3, 0.4) is 0 Å². The standard InChI is InChI=1S/C20H22O4/c21-16-12-19(22)24-20(13-16,15-6-2-3-7-15)10-9-17-11-14-5-1-4-8-18(14)23-17/h1,4-5,8,11-12,15,21H,2-3,6-7,9-10,13H2. The lowest BCUT2D eigenvalue weighted by atomic mass is 9.77. The molecule has 4 nitrogen and oxygen atoms in total. The van der Waals surface area contributed by atoms with Gasteiger partial charge in [0.1, 0.15) is 22.7 Å². The Morgan fingerprint density at radius 1 is 1.21 bits per heavy atom. The number of benzene rings is 1. The summed E-state index contributed by atoms with van der Waals surface area (Å²) in [6.45, 7) is 0. The number of furan rings is 1. The summed E-state index contributed by atoms with van der Waals surface area (Å²) in [6.07, 6.45) is 7.45. The molecule has 1 atom stereocenters. The molecule has 4 rings (SSSR count). The van der Waals surface area contributed by atoms with Crippen LogP contribution in [0.1, 0.15) is 44.3 Å². The predicted molar refractivity (Wildman–Crippen MR) is 90.6 cm³/mol. The number of para-hydroxylation sites is 1. The van der Waals surface area contributed by atoms with Gasteiger partial charge in [0.25, 0.3) is 0 Å². The van der Waals surface area contributed by atoms with Gasteiger partial charge in [0, 0.05) is 18.2 Å². The molecule has 24 heavy (non-hydrogen) atoms. The van der Waals surface area contributed by atoms with E-state index in [4.69, 9.17) is 9.15 Å². The third-order valence-electron chi connectivity index (χ3n) is 5.44. The lowest BCUT2D eigenvalue weighted by molar-refractivity contribution is -0.165. The van der Waals surface area contributed by atoms with Crippen molar-refractivity contribution < 1.29 is 19.1 Å². The Kier molecular flexibility index (Phi) is 3.83. The molecule has 2 heterocycles. The second-order valence-electron chi connectivity index (χ2n) is 7.03. The number of esters is 1. The van der Waals surface area contributed by atoms with E-state index in [-0.39, 0.29) is 5.76 Å². The maximum absolute atomic E-state index is 11.9. The average Bonchev–Trinajstić information content (AvgIpc) is 3.21. The third kappa shape index (κ3) is 2.81. The molecular formula is C20H22O4. The number of hydrogen-bond acceptors (Lipinski definition) is 4. The van der Waals surface area contributed by atoms with Crippen molar-refractivity contribution >= 4 is 16.9 Å². The van der Waals surface area contributed by atoms with Crippen LogP contribution in [-0.2, 0) is 16.0 Å². The summed E-state index contributed by atoms with van der Waals surface area (Å²) in [5.41, 5.74) is 0.288. The van der Waals surface area contributed by atoms with Crippen LogP contribution in [0.2, 0.25) is 0 Å². The lowest BCUT2D eigenvalue weighted by Gasteiger charge is -2.40. The number of rotatable bonds is 4. The van der Waals surface area contributed by atoms with E-state index >= 15 is 0 Å². The minimum absolute atomic E-state index is 0.141. The molecule has 1 aromatic heterocycles. The van der Waals surface area contributed by atoms with Gasteiger partial charge in [-0.2, -0.15) is 0 Å². The van der Waals surface area contributed by atoms with E-state index in [9.17, 15) is 9.90 Å². The minimum atomic E-state index is -0.592. The molecule has 2 aliphatic rings. The van der Waals surface area contributed by atoms with Crippen molar-refractivity contribution in [2.45, 2.75) is 50.5 Å². The van der Waals surface area contributed by atoms with Crippen molar-refractivity contribution in [2.75, 3.05) is 0 Å². The molecule has 0 amide bonds. The Morgan fingerprint density at radius 3 is 2.75 bits per heavy atom. The fourth-order valence-electron chi connectivity index (χ4n) is 4.28. The van der Waals surface area contributed by atoms with Crippen LogP contribution in [0.5, 0.6) is 0 Å². The normalized spacial score (nSPS) is 25.0. The lowest BCUT2D eigenvalue weighted by Crippen LogP contribution is -2.44. The Morgan fingerprint density at radius 2 is 2.00 bits per heavy atom. The molecule has 2 aromatic rings. The largest absolute Gasteiger partial charge is 0.512 e. The van der Waals surface area contributed by atoms with E-state index in [1.54, 1.807) is 0 Å². The van der Waals surface area contributed by atoms with Gasteiger partial charge >= 0.3 is 5.97 Å². The molecule has 1 fully saturated rings. The van der Waals surface area contributed by atoms with E-state index < -0.39 is 11.6 Å². The Bertz CT molecular complexity index is 749. The Labute approximate surface area is 141 Å². The highest BCUT2D eigenvalue weighted by Crippen LogP contribution is 2.44. The molecule has 126 valence electrons. The summed E-state index contributed by atoms with van der Waals surface area (Å²) in [5, 5.41) is 11.1. The monoisotopic (exact) mass is 326 g/mol. The minimum Gasteiger partial charge on any atom is -0.512 e. The molecule has 0 spiro atoms. The topological polar surface area (TPSA) is 59.7 Å². The average molecular weight is 326 g/mol. The first-order valence-corrected chi connectivity index (χ1v) is 8.75. The van der Waals surface area contributed by atoms with Crippen LogP contribution in [0.25, 0.3) is 11.0 Å². The van der Waals surface area contributed by atoms with Gasteiger partial charge in [0.05, 0.1) is 6.08 Å². The van der Waals surface area contributed by atoms with Crippen molar-refractivity contribution in [1.82, 2.24) is 0 Å². The molecule has 1 aromatic carbocycles. The summed E-state index contributed by atoms with van der Waals surface area (Å²) in [6, 6.07) is 10.00. The molecule has 1 aliphatic carbocycles. The fourth-order valence-corrected chi connectivity index (χ4v) is 4.28. The number of aryl methyl sites for hydroxylation is 1. The fraction of sp³-hybridized carbons (Fsp3) is 0.450.